The highest BCUT2D eigenvalue weighted by Crippen LogP contribution is 2.13. The molecule has 102 valence electrons. The maximum Gasteiger partial charge on any atom is 0.330 e. The molecule has 0 amide bonds. The molecule has 0 unspecified atom stereocenters. The van der Waals surface area contributed by atoms with Gasteiger partial charge in [0.2, 0.25) is 0 Å². The third kappa shape index (κ3) is 2.90. The predicted molar refractivity (Wildman–Crippen MR) is 72.8 cm³/mol. The van der Waals surface area contributed by atoms with Gasteiger partial charge in [-0.2, -0.15) is 0 Å². The third-order valence-corrected chi connectivity index (χ3v) is 3.78. The standard InChI is InChI=1S/C13H23N3O2/c1-6-13(3,7-2)14-8-10-9-15(4)12(18)16(5)11(10)17/h9,14H,6-8H2,1-5H3. The summed E-state index contributed by atoms with van der Waals surface area (Å²) in [6.07, 6.45) is 3.61. The van der Waals surface area contributed by atoms with Crippen molar-refractivity contribution in [3.05, 3.63) is 32.6 Å². The van der Waals surface area contributed by atoms with Gasteiger partial charge in [-0.25, -0.2) is 4.79 Å². The van der Waals surface area contributed by atoms with E-state index >= 15 is 0 Å². The minimum absolute atomic E-state index is 0.0275. The average Bonchev–Trinajstić information content (AvgIpc) is 2.38. The molecular weight excluding hydrogens is 230 g/mol. The van der Waals surface area contributed by atoms with Crippen molar-refractivity contribution in [1.29, 1.82) is 0 Å². The first-order valence-corrected chi connectivity index (χ1v) is 6.35. The summed E-state index contributed by atoms with van der Waals surface area (Å²) in [5.74, 6) is 0. The Balaban J connectivity index is 3.00. The summed E-state index contributed by atoms with van der Waals surface area (Å²) >= 11 is 0. The second kappa shape index (κ2) is 5.52. The van der Waals surface area contributed by atoms with E-state index in [-0.39, 0.29) is 16.8 Å². The lowest BCUT2D eigenvalue weighted by atomic mass is 9.95. The van der Waals surface area contributed by atoms with Crippen LogP contribution in [0.2, 0.25) is 0 Å². The molecule has 1 aromatic heterocycles. The van der Waals surface area contributed by atoms with Crippen molar-refractivity contribution in [2.45, 2.75) is 45.7 Å². The highest BCUT2D eigenvalue weighted by atomic mass is 16.2. The Hall–Kier alpha value is -1.36. The first-order chi connectivity index (χ1) is 8.34. The highest BCUT2D eigenvalue weighted by molar-refractivity contribution is 5.06. The molecular formula is C13H23N3O2. The zero-order chi connectivity index (χ0) is 13.9. The van der Waals surface area contributed by atoms with Crippen LogP contribution in [0, 0.1) is 0 Å². The van der Waals surface area contributed by atoms with E-state index in [0.29, 0.717) is 12.1 Å². The summed E-state index contributed by atoms with van der Waals surface area (Å²) in [6, 6.07) is 0. The minimum atomic E-state index is -0.294. The number of hydrogen-bond acceptors (Lipinski definition) is 3. The van der Waals surface area contributed by atoms with Crippen molar-refractivity contribution in [3.8, 4) is 0 Å². The highest BCUT2D eigenvalue weighted by Gasteiger charge is 2.19. The Morgan fingerprint density at radius 3 is 2.28 bits per heavy atom. The van der Waals surface area contributed by atoms with Crippen LogP contribution in [-0.4, -0.2) is 14.7 Å². The van der Waals surface area contributed by atoms with E-state index in [1.54, 1.807) is 13.2 Å². The van der Waals surface area contributed by atoms with Gasteiger partial charge < -0.3 is 9.88 Å². The molecule has 1 rings (SSSR count). The summed E-state index contributed by atoms with van der Waals surface area (Å²) in [5, 5.41) is 3.40. The Morgan fingerprint density at radius 1 is 1.22 bits per heavy atom. The average molecular weight is 253 g/mol. The fourth-order valence-electron chi connectivity index (χ4n) is 1.81. The van der Waals surface area contributed by atoms with E-state index in [0.717, 1.165) is 17.4 Å². The van der Waals surface area contributed by atoms with Crippen molar-refractivity contribution in [1.82, 2.24) is 14.5 Å². The van der Waals surface area contributed by atoms with Crippen LogP contribution in [0.15, 0.2) is 15.8 Å². The van der Waals surface area contributed by atoms with Gasteiger partial charge in [0.25, 0.3) is 5.56 Å². The maximum absolute atomic E-state index is 11.9. The molecule has 0 bridgehead atoms. The molecule has 0 fully saturated rings. The Morgan fingerprint density at radius 2 is 1.78 bits per heavy atom. The zero-order valence-corrected chi connectivity index (χ0v) is 11.9. The number of nitrogens with zero attached hydrogens (tertiary/aromatic N) is 2. The van der Waals surface area contributed by atoms with Gasteiger partial charge in [-0.05, 0) is 19.8 Å². The number of rotatable bonds is 5. The van der Waals surface area contributed by atoms with Gasteiger partial charge >= 0.3 is 5.69 Å². The lowest BCUT2D eigenvalue weighted by Crippen LogP contribution is -2.44. The third-order valence-electron chi connectivity index (χ3n) is 3.78. The molecule has 0 atom stereocenters. The van der Waals surface area contributed by atoms with Crippen LogP contribution in [0.25, 0.3) is 0 Å². The normalized spacial score (nSPS) is 11.8. The van der Waals surface area contributed by atoms with Crippen LogP contribution in [0.3, 0.4) is 0 Å². The van der Waals surface area contributed by atoms with Crippen LogP contribution < -0.4 is 16.6 Å². The van der Waals surface area contributed by atoms with E-state index in [1.165, 1.54) is 11.6 Å². The molecule has 0 aliphatic carbocycles. The molecule has 0 aliphatic heterocycles. The van der Waals surface area contributed by atoms with Crippen LogP contribution in [0.1, 0.15) is 39.2 Å². The number of aryl methyl sites for hydroxylation is 1. The van der Waals surface area contributed by atoms with E-state index in [2.05, 4.69) is 26.1 Å². The van der Waals surface area contributed by atoms with Crippen LogP contribution in [0.4, 0.5) is 0 Å². The molecule has 1 heterocycles. The smallest absolute Gasteiger partial charge is 0.307 e. The maximum atomic E-state index is 11.9. The fraction of sp³-hybridized carbons (Fsp3) is 0.692. The lowest BCUT2D eigenvalue weighted by molar-refractivity contribution is 0.328. The van der Waals surface area contributed by atoms with E-state index < -0.39 is 0 Å². The first-order valence-electron chi connectivity index (χ1n) is 6.35. The molecule has 0 aromatic carbocycles. The van der Waals surface area contributed by atoms with E-state index in [4.69, 9.17) is 0 Å². The monoisotopic (exact) mass is 253 g/mol. The van der Waals surface area contributed by atoms with Gasteiger partial charge in [0.05, 0.1) is 0 Å². The van der Waals surface area contributed by atoms with Crippen molar-refractivity contribution in [3.63, 3.8) is 0 Å². The Bertz CT molecular complexity index is 524. The van der Waals surface area contributed by atoms with E-state index in [9.17, 15) is 9.59 Å². The van der Waals surface area contributed by atoms with Gasteiger partial charge in [-0.1, -0.05) is 13.8 Å². The molecule has 0 aliphatic rings. The Labute approximate surface area is 107 Å². The molecule has 0 radical (unpaired) electrons. The van der Waals surface area contributed by atoms with Crippen LogP contribution in [-0.2, 0) is 20.6 Å². The van der Waals surface area contributed by atoms with Crippen molar-refractivity contribution in [2.24, 2.45) is 14.1 Å². The number of hydrogen-bond donors (Lipinski definition) is 1. The minimum Gasteiger partial charge on any atom is -0.307 e. The first kappa shape index (κ1) is 14.7. The SMILES string of the molecule is CCC(C)(CC)NCc1cn(C)c(=O)n(C)c1=O. The van der Waals surface area contributed by atoms with Crippen molar-refractivity contribution in [2.75, 3.05) is 0 Å². The second-order valence-electron chi connectivity index (χ2n) is 5.03. The molecule has 1 N–H and O–H groups in total. The van der Waals surface area contributed by atoms with Gasteiger partial charge in [0, 0.05) is 37.9 Å². The molecule has 0 saturated carbocycles. The zero-order valence-electron chi connectivity index (χ0n) is 11.9. The van der Waals surface area contributed by atoms with E-state index in [1.807, 2.05) is 0 Å². The molecule has 5 nitrogen and oxygen atoms in total. The summed E-state index contributed by atoms with van der Waals surface area (Å²) in [5.41, 5.74) is 0.130. The molecule has 0 saturated heterocycles. The molecule has 5 heteroatoms. The topological polar surface area (TPSA) is 56.0 Å². The fourth-order valence-corrected chi connectivity index (χ4v) is 1.81. The lowest BCUT2D eigenvalue weighted by Gasteiger charge is -2.28. The van der Waals surface area contributed by atoms with Crippen molar-refractivity contribution >= 4 is 0 Å². The summed E-state index contributed by atoms with van der Waals surface area (Å²) in [6.45, 7) is 6.86. The summed E-state index contributed by atoms with van der Waals surface area (Å²) in [4.78, 5) is 23.5. The molecule has 1 aromatic rings. The van der Waals surface area contributed by atoms with Crippen molar-refractivity contribution < 1.29 is 0 Å². The molecule has 18 heavy (non-hydrogen) atoms. The van der Waals surface area contributed by atoms with Gasteiger partial charge in [0.1, 0.15) is 0 Å². The number of aromatic nitrogens is 2. The quantitative estimate of drug-likeness (QED) is 0.842. The van der Waals surface area contributed by atoms with Gasteiger partial charge in [-0.3, -0.25) is 9.36 Å². The molecule has 0 spiro atoms. The van der Waals surface area contributed by atoms with Gasteiger partial charge in [0.15, 0.2) is 0 Å². The van der Waals surface area contributed by atoms with Crippen LogP contribution >= 0.6 is 0 Å². The second-order valence-corrected chi connectivity index (χ2v) is 5.03. The predicted octanol–water partition coefficient (Wildman–Crippen LogP) is 0.752. The van der Waals surface area contributed by atoms with Crippen LogP contribution in [0.5, 0.6) is 0 Å². The van der Waals surface area contributed by atoms with Gasteiger partial charge in [-0.15, -0.1) is 0 Å². The largest absolute Gasteiger partial charge is 0.330 e. The summed E-state index contributed by atoms with van der Waals surface area (Å²) < 4.78 is 2.58. The Kier molecular flexibility index (Phi) is 4.51. The summed E-state index contributed by atoms with van der Waals surface area (Å²) in [7, 11) is 3.16. The number of nitrogens with one attached hydrogen (secondary N) is 1.